The summed E-state index contributed by atoms with van der Waals surface area (Å²) in [5.74, 6) is 0.525. The Balaban J connectivity index is 2.13. The van der Waals surface area contributed by atoms with Crippen LogP contribution < -0.4 is 5.32 Å². The topological polar surface area (TPSA) is 51.0 Å². The highest BCUT2D eigenvalue weighted by Gasteiger charge is 2.12. The van der Waals surface area contributed by atoms with Crippen LogP contribution in [0.5, 0.6) is 0 Å². The summed E-state index contributed by atoms with van der Waals surface area (Å²) < 4.78 is 18.0. The molecule has 0 atom stereocenters. The van der Waals surface area contributed by atoms with Crippen LogP contribution in [0.3, 0.4) is 0 Å². The number of benzene rings is 1. The minimum Gasteiger partial charge on any atom is -0.339 e. The third-order valence-corrected chi connectivity index (χ3v) is 2.72. The molecule has 0 fully saturated rings. The molecule has 1 N–H and O–H groups in total. The first-order chi connectivity index (χ1) is 8.70. The zero-order valence-electron chi connectivity index (χ0n) is 9.91. The van der Waals surface area contributed by atoms with Gasteiger partial charge in [-0.3, -0.25) is 0 Å². The molecule has 0 spiro atoms. The summed E-state index contributed by atoms with van der Waals surface area (Å²) >= 11 is 5.93. The van der Waals surface area contributed by atoms with E-state index in [2.05, 4.69) is 15.5 Å². The summed E-state index contributed by atoms with van der Waals surface area (Å²) in [5, 5.41) is 7.27. The molecule has 0 aliphatic carbocycles. The highest BCUT2D eigenvalue weighted by molar-refractivity contribution is 6.33. The van der Waals surface area contributed by atoms with E-state index >= 15 is 0 Å². The summed E-state index contributed by atoms with van der Waals surface area (Å²) in [6.45, 7) is 3.69. The van der Waals surface area contributed by atoms with Crippen LogP contribution in [0.4, 0.5) is 4.39 Å². The minimum absolute atomic E-state index is 0.272. The fourth-order valence-corrected chi connectivity index (χ4v) is 1.76. The molecule has 0 saturated heterocycles. The molecule has 4 nitrogen and oxygen atoms in total. The Morgan fingerprint density at radius 2 is 2.28 bits per heavy atom. The maximum absolute atomic E-state index is 12.9. The van der Waals surface area contributed by atoms with E-state index in [1.165, 1.54) is 18.2 Å². The van der Waals surface area contributed by atoms with Crippen LogP contribution >= 0.6 is 11.6 Å². The summed E-state index contributed by atoms with van der Waals surface area (Å²) in [6.07, 6.45) is 0.652. The lowest BCUT2D eigenvalue weighted by molar-refractivity contribution is 0.377. The maximum Gasteiger partial charge on any atom is 0.228 e. The molecule has 0 aliphatic rings. The molecular weight excluding hydrogens is 257 g/mol. The van der Waals surface area contributed by atoms with Crippen LogP contribution in [0.25, 0.3) is 11.4 Å². The van der Waals surface area contributed by atoms with Crippen LogP contribution in [0, 0.1) is 5.82 Å². The van der Waals surface area contributed by atoms with E-state index < -0.39 is 0 Å². The average molecular weight is 270 g/mol. The first-order valence-electron chi connectivity index (χ1n) is 5.69. The molecule has 0 amide bonds. The Hall–Kier alpha value is -1.46. The standard InChI is InChI=1S/C12H13ClFN3O/c1-2-15-6-5-11-16-12(17-18-11)9-4-3-8(14)7-10(9)13/h3-4,7,15H,2,5-6H2,1H3. The molecule has 2 aromatic rings. The number of likely N-dealkylation sites (N-methyl/N-ethyl adjacent to an activating group) is 1. The van der Waals surface area contributed by atoms with Gasteiger partial charge in [0.2, 0.25) is 11.7 Å². The second-order valence-corrected chi connectivity index (χ2v) is 4.15. The number of nitrogens with zero attached hydrogens (tertiary/aromatic N) is 2. The number of hydrogen-bond acceptors (Lipinski definition) is 4. The van der Waals surface area contributed by atoms with Gasteiger partial charge < -0.3 is 9.84 Å². The summed E-state index contributed by atoms with van der Waals surface area (Å²) in [4.78, 5) is 4.22. The number of halogens is 2. The first kappa shape index (κ1) is 13.0. The molecule has 2 rings (SSSR count). The Morgan fingerprint density at radius 1 is 1.44 bits per heavy atom. The lowest BCUT2D eigenvalue weighted by Gasteiger charge is -1.98. The van der Waals surface area contributed by atoms with E-state index in [0.29, 0.717) is 23.7 Å². The zero-order chi connectivity index (χ0) is 13.0. The summed E-state index contributed by atoms with van der Waals surface area (Å²) in [6, 6.07) is 4.08. The Labute approximate surface area is 109 Å². The Morgan fingerprint density at radius 3 is 3.00 bits per heavy atom. The van der Waals surface area contributed by atoms with Gasteiger partial charge in [0.15, 0.2) is 0 Å². The molecule has 1 aromatic heterocycles. The molecule has 0 saturated carbocycles. The molecule has 0 unspecified atom stereocenters. The molecule has 96 valence electrons. The molecule has 6 heteroatoms. The average Bonchev–Trinajstić information content (AvgIpc) is 2.78. The number of nitrogens with one attached hydrogen (secondary N) is 1. The molecule has 1 heterocycles. The number of rotatable bonds is 5. The molecular formula is C12H13ClFN3O. The van der Waals surface area contributed by atoms with Gasteiger partial charge in [-0.1, -0.05) is 23.7 Å². The van der Waals surface area contributed by atoms with Gasteiger partial charge in [0.25, 0.3) is 0 Å². The van der Waals surface area contributed by atoms with Crippen LogP contribution in [0.2, 0.25) is 5.02 Å². The van der Waals surface area contributed by atoms with E-state index in [1.807, 2.05) is 6.92 Å². The van der Waals surface area contributed by atoms with Crippen LogP contribution in [-0.4, -0.2) is 23.2 Å². The van der Waals surface area contributed by atoms with Gasteiger partial charge in [0.05, 0.1) is 5.02 Å². The summed E-state index contributed by atoms with van der Waals surface area (Å²) in [7, 11) is 0. The van der Waals surface area contributed by atoms with E-state index in [1.54, 1.807) is 0 Å². The van der Waals surface area contributed by atoms with E-state index in [4.69, 9.17) is 16.1 Å². The van der Waals surface area contributed by atoms with Gasteiger partial charge in [-0.05, 0) is 24.7 Å². The fourth-order valence-electron chi connectivity index (χ4n) is 1.51. The normalized spacial score (nSPS) is 10.8. The van der Waals surface area contributed by atoms with Crippen molar-refractivity contribution in [1.29, 1.82) is 0 Å². The Bertz CT molecular complexity index is 530. The van der Waals surface area contributed by atoms with Gasteiger partial charge in [-0.15, -0.1) is 0 Å². The zero-order valence-corrected chi connectivity index (χ0v) is 10.7. The third kappa shape index (κ3) is 3.05. The van der Waals surface area contributed by atoms with Crippen molar-refractivity contribution in [2.24, 2.45) is 0 Å². The van der Waals surface area contributed by atoms with E-state index in [-0.39, 0.29) is 10.8 Å². The molecule has 0 radical (unpaired) electrons. The van der Waals surface area contributed by atoms with Crippen LogP contribution in [0.15, 0.2) is 22.7 Å². The number of hydrogen-bond donors (Lipinski definition) is 1. The SMILES string of the molecule is CCNCCc1nc(-c2ccc(F)cc2Cl)no1. The molecule has 18 heavy (non-hydrogen) atoms. The van der Waals surface area contributed by atoms with Crippen LogP contribution in [-0.2, 0) is 6.42 Å². The van der Waals surface area contributed by atoms with E-state index in [0.717, 1.165) is 13.1 Å². The van der Waals surface area contributed by atoms with Crippen LogP contribution in [0.1, 0.15) is 12.8 Å². The fraction of sp³-hybridized carbons (Fsp3) is 0.333. The van der Waals surface area contributed by atoms with Crippen molar-refractivity contribution in [1.82, 2.24) is 15.5 Å². The molecule has 1 aromatic carbocycles. The predicted molar refractivity (Wildman–Crippen MR) is 66.9 cm³/mol. The summed E-state index contributed by atoms with van der Waals surface area (Å²) in [5.41, 5.74) is 0.566. The van der Waals surface area contributed by atoms with Crippen molar-refractivity contribution >= 4 is 11.6 Å². The van der Waals surface area contributed by atoms with Crippen molar-refractivity contribution in [3.63, 3.8) is 0 Å². The van der Waals surface area contributed by atoms with Gasteiger partial charge in [-0.2, -0.15) is 4.98 Å². The van der Waals surface area contributed by atoms with Gasteiger partial charge in [-0.25, -0.2) is 4.39 Å². The largest absolute Gasteiger partial charge is 0.339 e. The lowest BCUT2D eigenvalue weighted by atomic mass is 10.2. The first-order valence-corrected chi connectivity index (χ1v) is 6.07. The third-order valence-electron chi connectivity index (χ3n) is 2.41. The van der Waals surface area contributed by atoms with Crippen molar-refractivity contribution in [2.45, 2.75) is 13.3 Å². The smallest absolute Gasteiger partial charge is 0.228 e. The quantitative estimate of drug-likeness (QED) is 0.848. The van der Waals surface area contributed by atoms with Crippen molar-refractivity contribution in [3.8, 4) is 11.4 Å². The van der Waals surface area contributed by atoms with E-state index in [9.17, 15) is 4.39 Å². The monoisotopic (exact) mass is 269 g/mol. The van der Waals surface area contributed by atoms with Crippen molar-refractivity contribution in [3.05, 3.63) is 34.9 Å². The lowest BCUT2D eigenvalue weighted by Crippen LogP contribution is -2.16. The highest BCUT2D eigenvalue weighted by Crippen LogP contribution is 2.26. The van der Waals surface area contributed by atoms with Gasteiger partial charge >= 0.3 is 0 Å². The van der Waals surface area contributed by atoms with Gasteiger partial charge in [0, 0.05) is 18.5 Å². The minimum atomic E-state index is -0.389. The second-order valence-electron chi connectivity index (χ2n) is 3.74. The van der Waals surface area contributed by atoms with Crippen molar-refractivity contribution in [2.75, 3.05) is 13.1 Å². The Kier molecular flexibility index (Phi) is 4.28. The highest BCUT2D eigenvalue weighted by atomic mass is 35.5. The molecule has 0 bridgehead atoms. The van der Waals surface area contributed by atoms with Crippen molar-refractivity contribution < 1.29 is 8.91 Å². The second kappa shape index (κ2) is 5.93. The van der Waals surface area contributed by atoms with Gasteiger partial charge in [0.1, 0.15) is 5.82 Å². The predicted octanol–water partition coefficient (Wildman–Crippen LogP) is 2.68. The molecule has 0 aliphatic heterocycles. The maximum atomic E-state index is 12.9. The number of aromatic nitrogens is 2.